The number of ether oxygens (including phenoxy) is 1. The molecular formula is C15H31N5O2S. The maximum absolute atomic E-state index is 11.8. The lowest BCUT2D eigenvalue weighted by Crippen LogP contribution is -2.54. The van der Waals surface area contributed by atoms with Gasteiger partial charge in [0.2, 0.25) is 5.91 Å². The molecule has 1 aliphatic heterocycles. The van der Waals surface area contributed by atoms with E-state index < -0.39 is 0 Å². The third kappa shape index (κ3) is 7.90. The molecule has 1 amide bonds. The molecule has 0 aromatic carbocycles. The second kappa shape index (κ2) is 11.5. The summed E-state index contributed by atoms with van der Waals surface area (Å²) in [5, 5.41) is 6.84. The number of rotatable bonds is 8. The van der Waals surface area contributed by atoms with E-state index in [2.05, 4.69) is 38.6 Å². The van der Waals surface area contributed by atoms with Crippen LogP contribution in [0.1, 0.15) is 6.92 Å². The lowest BCUT2D eigenvalue weighted by molar-refractivity contribution is -0.122. The van der Waals surface area contributed by atoms with Crippen LogP contribution in [0.5, 0.6) is 0 Å². The Morgan fingerprint density at radius 2 is 2.00 bits per heavy atom. The van der Waals surface area contributed by atoms with E-state index in [1.807, 2.05) is 18.8 Å². The second-order valence-electron chi connectivity index (χ2n) is 5.58. The Kier molecular flexibility index (Phi) is 10.1. The Labute approximate surface area is 144 Å². The standard InChI is InChI=1S/C15H31N5O2S/c1-13(23-4)11-18-15(16-2)20-8-6-19(7-9-20)12-14(21)17-5-10-22-3/h13H,5-12H2,1-4H3,(H,16,18)(H,17,21). The fraction of sp³-hybridized carbons (Fsp3) is 0.867. The van der Waals surface area contributed by atoms with Gasteiger partial charge in [-0.15, -0.1) is 0 Å². The molecule has 0 aromatic heterocycles. The number of hydrogen-bond donors (Lipinski definition) is 2. The van der Waals surface area contributed by atoms with Crippen LogP contribution in [0, 0.1) is 0 Å². The predicted octanol–water partition coefficient (Wildman–Crippen LogP) is -0.306. The van der Waals surface area contributed by atoms with Gasteiger partial charge in [-0.25, -0.2) is 0 Å². The van der Waals surface area contributed by atoms with Gasteiger partial charge in [0.05, 0.1) is 13.2 Å². The summed E-state index contributed by atoms with van der Waals surface area (Å²) < 4.78 is 4.93. The lowest BCUT2D eigenvalue weighted by Gasteiger charge is -2.36. The molecule has 0 aromatic rings. The third-order valence-corrected chi connectivity index (χ3v) is 4.80. The summed E-state index contributed by atoms with van der Waals surface area (Å²) in [6.07, 6.45) is 2.12. The van der Waals surface area contributed by atoms with Gasteiger partial charge in [-0.3, -0.25) is 14.7 Å². The van der Waals surface area contributed by atoms with Crippen molar-refractivity contribution in [2.24, 2.45) is 4.99 Å². The maximum atomic E-state index is 11.8. The van der Waals surface area contributed by atoms with Gasteiger partial charge in [0, 0.05) is 58.7 Å². The van der Waals surface area contributed by atoms with E-state index in [0.29, 0.717) is 24.9 Å². The van der Waals surface area contributed by atoms with Crippen LogP contribution in [0.4, 0.5) is 0 Å². The highest BCUT2D eigenvalue weighted by Gasteiger charge is 2.21. The molecule has 1 aliphatic rings. The van der Waals surface area contributed by atoms with Gasteiger partial charge in [-0.2, -0.15) is 11.8 Å². The third-order valence-electron chi connectivity index (χ3n) is 3.83. The highest BCUT2D eigenvalue weighted by Crippen LogP contribution is 2.05. The second-order valence-corrected chi connectivity index (χ2v) is 6.86. The first kappa shape index (κ1) is 20.1. The minimum atomic E-state index is 0.0619. The van der Waals surface area contributed by atoms with E-state index in [0.717, 1.165) is 38.7 Å². The molecule has 1 heterocycles. The van der Waals surface area contributed by atoms with Gasteiger partial charge < -0.3 is 20.3 Å². The molecule has 0 bridgehead atoms. The largest absolute Gasteiger partial charge is 0.383 e. The van der Waals surface area contributed by atoms with Crippen molar-refractivity contribution in [2.45, 2.75) is 12.2 Å². The summed E-state index contributed by atoms with van der Waals surface area (Å²) in [6.45, 7) is 8.20. The van der Waals surface area contributed by atoms with Crippen LogP contribution < -0.4 is 10.6 Å². The quantitative estimate of drug-likeness (QED) is 0.357. The van der Waals surface area contributed by atoms with Crippen LogP contribution in [0.2, 0.25) is 0 Å². The monoisotopic (exact) mass is 345 g/mol. The minimum absolute atomic E-state index is 0.0619. The van der Waals surface area contributed by atoms with E-state index in [9.17, 15) is 4.79 Å². The first-order valence-corrected chi connectivity index (χ1v) is 9.35. The summed E-state index contributed by atoms with van der Waals surface area (Å²) >= 11 is 1.84. The molecule has 1 saturated heterocycles. The van der Waals surface area contributed by atoms with Gasteiger partial charge in [0.1, 0.15) is 0 Å². The number of aliphatic imine (C=N–C) groups is 1. The van der Waals surface area contributed by atoms with E-state index in [1.165, 1.54) is 0 Å². The van der Waals surface area contributed by atoms with Crippen molar-refractivity contribution in [3.8, 4) is 0 Å². The molecule has 7 nitrogen and oxygen atoms in total. The molecule has 0 aliphatic carbocycles. The molecule has 8 heteroatoms. The summed E-state index contributed by atoms with van der Waals surface area (Å²) in [5.74, 6) is 1.02. The number of carbonyl (C=O) groups is 1. The Balaban J connectivity index is 2.29. The average molecular weight is 346 g/mol. The van der Waals surface area contributed by atoms with E-state index in [4.69, 9.17) is 4.74 Å². The number of piperazine rings is 1. The van der Waals surface area contributed by atoms with Gasteiger partial charge in [0.25, 0.3) is 0 Å². The number of nitrogens with zero attached hydrogens (tertiary/aromatic N) is 3. The fourth-order valence-electron chi connectivity index (χ4n) is 2.32. The van der Waals surface area contributed by atoms with Crippen molar-refractivity contribution in [3.05, 3.63) is 0 Å². The molecular weight excluding hydrogens is 314 g/mol. The zero-order valence-corrected chi connectivity index (χ0v) is 15.6. The summed E-state index contributed by atoms with van der Waals surface area (Å²) in [7, 11) is 3.45. The van der Waals surface area contributed by atoms with Gasteiger partial charge in [-0.1, -0.05) is 6.92 Å². The van der Waals surface area contributed by atoms with Crippen LogP contribution in [0.3, 0.4) is 0 Å². The van der Waals surface area contributed by atoms with Crippen molar-refractivity contribution in [1.29, 1.82) is 0 Å². The number of amides is 1. The number of guanidine groups is 1. The molecule has 134 valence electrons. The molecule has 23 heavy (non-hydrogen) atoms. The molecule has 0 radical (unpaired) electrons. The first-order chi connectivity index (χ1) is 11.1. The predicted molar refractivity (Wildman–Crippen MR) is 97.2 cm³/mol. The molecule has 1 unspecified atom stereocenters. The van der Waals surface area contributed by atoms with Crippen LogP contribution in [0.25, 0.3) is 0 Å². The van der Waals surface area contributed by atoms with Crippen LogP contribution >= 0.6 is 11.8 Å². The zero-order chi connectivity index (χ0) is 17.1. The highest BCUT2D eigenvalue weighted by atomic mass is 32.2. The van der Waals surface area contributed by atoms with Gasteiger partial charge in [0.15, 0.2) is 5.96 Å². The first-order valence-electron chi connectivity index (χ1n) is 8.07. The van der Waals surface area contributed by atoms with E-state index >= 15 is 0 Å². The zero-order valence-electron chi connectivity index (χ0n) is 14.8. The van der Waals surface area contributed by atoms with Crippen molar-refractivity contribution in [1.82, 2.24) is 20.4 Å². The van der Waals surface area contributed by atoms with Crippen molar-refractivity contribution in [2.75, 3.05) is 72.8 Å². The van der Waals surface area contributed by atoms with E-state index in [-0.39, 0.29) is 5.91 Å². The smallest absolute Gasteiger partial charge is 0.234 e. The Bertz CT molecular complexity index is 373. The fourth-order valence-corrected chi connectivity index (χ4v) is 2.57. The van der Waals surface area contributed by atoms with Crippen LogP contribution in [0.15, 0.2) is 4.99 Å². The summed E-state index contributed by atoms with van der Waals surface area (Å²) in [6, 6.07) is 0. The normalized spacial score (nSPS) is 17.9. The molecule has 1 atom stereocenters. The number of thioether (sulfide) groups is 1. The Morgan fingerprint density at radius 3 is 2.57 bits per heavy atom. The topological polar surface area (TPSA) is 69.2 Å². The average Bonchev–Trinajstić information content (AvgIpc) is 2.56. The maximum Gasteiger partial charge on any atom is 0.234 e. The number of hydrogen-bond acceptors (Lipinski definition) is 5. The molecule has 2 N–H and O–H groups in total. The summed E-state index contributed by atoms with van der Waals surface area (Å²) in [4.78, 5) is 20.6. The lowest BCUT2D eigenvalue weighted by atomic mass is 10.3. The molecule has 0 spiro atoms. The minimum Gasteiger partial charge on any atom is -0.383 e. The summed E-state index contributed by atoms with van der Waals surface area (Å²) in [5.41, 5.74) is 0. The number of carbonyl (C=O) groups excluding carboxylic acids is 1. The Morgan fingerprint density at radius 1 is 1.30 bits per heavy atom. The van der Waals surface area contributed by atoms with Crippen molar-refractivity contribution in [3.63, 3.8) is 0 Å². The van der Waals surface area contributed by atoms with Gasteiger partial charge >= 0.3 is 0 Å². The van der Waals surface area contributed by atoms with E-state index in [1.54, 1.807) is 7.11 Å². The van der Waals surface area contributed by atoms with Crippen molar-refractivity contribution >= 4 is 23.6 Å². The van der Waals surface area contributed by atoms with Crippen LogP contribution in [-0.2, 0) is 9.53 Å². The Hall–Kier alpha value is -0.990. The molecule has 0 saturated carbocycles. The SMILES string of the molecule is CN=C(NCC(C)SC)N1CCN(CC(=O)NCCOC)CC1. The number of methoxy groups -OCH3 is 1. The van der Waals surface area contributed by atoms with Crippen LogP contribution in [-0.4, -0.2) is 99.7 Å². The molecule has 1 fully saturated rings. The highest BCUT2D eigenvalue weighted by molar-refractivity contribution is 7.99. The van der Waals surface area contributed by atoms with Gasteiger partial charge in [-0.05, 0) is 6.26 Å². The number of nitrogens with one attached hydrogen (secondary N) is 2. The van der Waals surface area contributed by atoms with Crippen molar-refractivity contribution < 1.29 is 9.53 Å². The molecule has 1 rings (SSSR count).